The van der Waals surface area contributed by atoms with Gasteiger partial charge in [-0.1, -0.05) is 19.3 Å². The predicted octanol–water partition coefficient (Wildman–Crippen LogP) is 1.52. The Labute approximate surface area is 92.0 Å². The zero-order valence-corrected chi connectivity index (χ0v) is 9.45. The van der Waals surface area contributed by atoms with Crippen LogP contribution in [0, 0.1) is 5.92 Å². The lowest BCUT2D eigenvalue weighted by atomic mass is 9.87. The third-order valence-electron chi connectivity index (χ3n) is 3.72. The summed E-state index contributed by atoms with van der Waals surface area (Å²) in [6, 6.07) is 0.214. The first-order valence-electron chi connectivity index (χ1n) is 6.32. The van der Waals surface area contributed by atoms with Gasteiger partial charge in [-0.3, -0.25) is 4.79 Å². The molecule has 2 fully saturated rings. The SMILES string of the molecule is N[C@H]1CCCN(C(=O)C2CCCCC2)C1. The van der Waals surface area contributed by atoms with Crippen molar-refractivity contribution in [2.75, 3.05) is 13.1 Å². The van der Waals surface area contributed by atoms with Crippen LogP contribution in [0.25, 0.3) is 0 Å². The molecule has 0 unspecified atom stereocenters. The Morgan fingerprint density at radius 3 is 2.47 bits per heavy atom. The summed E-state index contributed by atoms with van der Waals surface area (Å²) in [5.74, 6) is 0.689. The van der Waals surface area contributed by atoms with Crippen LogP contribution in [-0.4, -0.2) is 29.9 Å². The molecule has 1 heterocycles. The second kappa shape index (κ2) is 4.97. The van der Waals surface area contributed by atoms with E-state index in [4.69, 9.17) is 5.73 Å². The molecule has 2 rings (SSSR count). The molecule has 15 heavy (non-hydrogen) atoms. The van der Waals surface area contributed by atoms with Crippen molar-refractivity contribution in [2.45, 2.75) is 51.0 Å². The second-order valence-corrected chi connectivity index (χ2v) is 5.02. The van der Waals surface area contributed by atoms with Crippen molar-refractivity contribution in [3.8, 4) is 0 Å². The molecule has 3 heteroatoms. The van der Waals surface area contributed by atoms with Gasteiger partial charge in [0.25, 0.3) is 0 Å². The van der Waals surface area contributed by atoms with E-state index >= 15 is 0 Å². The van der Waals surface area contributed by atoms with E-state index in [1.165, 1.54) is 19.3 Å². The van der Waals surface area contributed by atoms with Crippen LogP contribution in [0.15, 0.2) is 0 Å². The first-order chi connectivity index (χ1) is 7.27. The van der Waals surface area contributed by atoms with Gasteiger partial charge in [-0.05, 0) is 25.7 Å². The average Bonchev–Trinajstić information content (AvgIpc) is 2.29. The van der Waals surface area contributed by atoms with E-state index < -0.39 is 0 Å². The highest BCUT2D eigenvalue weighted by molar-refractivity contribution is 5.79. The molecule has 1 aliphatic heterocycles. The van der Waals surface area contributed by atoms with Crippen LogP contribution in [0.2, 0.25) is 0 Å². The molecule has 0 aromatic carbocycles. The maximum atomic E-state index is 12.2. The van der Waals surface area contributed by atoms with Crippen molar-refractivity contribution < 1.29 is 4.79 Å². The molecule has 1 aliphatic carbocycles. The Morgan fingerprint density at radius 1 is 1.07 bits per heavy atom. The summed E-state index contributed by atoms with van der Waals surface area (Å²) < 4.78 is 0. The van der Waals surface area contributed by atoms with Crippen LogP contribution < -0.4 is 5.73 Å². The number of piperidine rings is 1. The molecule has 0 aromatic heterocycles. The van der Waals surface area contributed by atoms with Crippen LogP contribution in [0.4, 0.5) is 0 Å². The van der Waals surface area contributed by atoms with Gasteiger partial charge in [0.15, 0.2) is 0 Å². The van der Waals surface area contributed by atoms with Crippen molar-refractivity contribution in [2.24, 2.45) is 11.7 Å². The van der Waals surface area contributed by atoms with Crippen molar-refractivity contribution in [3.05, 3.63) is 0 Å². The van der Waals surface area contributed by atoms with Crippen molar-refractivity contribution in [1.29, 1.82) is 0 Å². The Hall–Kier alpha value is -0.570. The number of amides is 1. The van der Waals surface area contributed by atoms with Gasteiger partial charge in [-0.2, -0.15) is 0 Å². The molecule has 1 saturated heterocycles. The topological polar surface area (TPSA) is 46.3 Å². The molecule has 3 nitrogen and oxygen atoms in total. The summed E-state index contributed by atoms with van der Waals surface area (Å²) in [6.07, 6.45) is 8.14. The van der Waals surface area contributed by atoms with E-state index in [1.807, 2.05) is 4.90 Å². The van der Waals surface area contributed by atoms with Gasteiger partial charge in [0, 0.05) is 25.0 Å². The molecular formula is C12H22N2O. The van der Waals surface area contributed by atoms with Crippen LogP contribution in [0.5, 0.6) is 0 Å². The van der Waals surface area contributed by atoms with E-state index in [1.54, 1.807) is 0 Å². The minimum atomic E-state index is 0.214. The standard InChI is InChI=1S/C12H22N2O/c13-11-7-4-8-14(9-11)12(15)10-5-2-1-3-6-10/h10-11H,1-9,13H2/t11-/m0/s1. The number of carbonyl (C=O) groups excluding carboxylic acids is 1. The molecule has 1 amide bonds. The monoisotopic (exact) mass is 210 g/mol. The van der Waals surface area contributed by atoms with E-state index in [0.717, 1.165) is 38.8 Å². The summed E-state index contributed by atoms with van der Waals surface area (Å²) in [6.45, 7) is 1.72. The molecule has 1 saturated carbocycles. The Kier molecular flexibility index (Phi) is 3.62. The first kappa shape index (κ1) is 10.9. The molecule has 0 aromatic rings. The molecule has 0 spiro atoms. The van der Waals surface area contributed by atoms with Gasteiger partial charge in [0.05, 0.1) is 0 Å². The number of nitrogens with two attached hydrogens (primary N) is 1. The number of nitrogens with zero attached hydrogens (tertiary/aromatic N) is 1. The Balaban J connectivity index is 1.88. The second-order valence-electron chi connectivity index (χ2n) is 5.02. The number of hydrogen-bond donors (Lipinski definition) is 1. The largest absolute Gasteiger partial charge is 0.341 e. The summed E-state index contributed by atoms with van der Waals surface area (Å²) in [7, 11) is 0. The van der Waals surface area contributed by atoms with Crippen LogP contribution in [0.3, 0.4) is 0 Å². The summed E-state index contributed by atoms with van der Waals surface area (Å²) in [5, 5.41) is 0. The molecule has 86 valence electrons. The van der Waals surface area contributed by atoms with Gasteiger partial charge in [-0.25, -0.2) is 0 Å². The van der Waals surface area contributed by atoms with Crippen molar-refractivity contribution in [3.63, 3.8) is 0 Å². The first-order valence-corrected chi connectivity index (χ1v) is 6.32. The van der Waals surface area contributed by atoms with Gasteiger partial charge in [0.1, 0.15) is 0 Å². The normalized spacial score (nSPS) is 29.1. The third kappa shape index (κ3) is 2.71. The van der Waals surface area contributed by atoms with E-state index in [2.05, 4.69) is 0 Å². The molecule has 0 radical (unpaired) electrons. The maximum absolute atomic E-state index is 12.2. The van der Waals surface area contributed by atoms with Gasteiger partial charge in [-0.15, -0.1) is 0 Å². The average molecular weight is 210 g/mol. The van der Waals surface area contributed by atoms with E-state index in [-0.39, 0.29) is 6.04 Å². The Bertz CT molecular complexity index is 224. The highest BCUT2D eigenvalue weighted by atomic mass is 16.2. The van der Waals surface area contributed by atoms with Crippen LogP contribution in [0.1, 0.15) is 44.9 Å². The zero-order valence-electron chi connectivity index (χ0n) is 9.45. The van der Waals surface area contributed by atoms with Crippen LogP contribution >= 0.6 is 0 Å². The Morgan fingerprint density at radius 2 is 1.80 bits per heavy atom. The lowest BCUT2D eigenvalue weighted by molar-refractivity contribution is -0.137. The fraction of sp³-hybridized carbons (Fsp3) is 0.917. The maximum Gasteiger partial charge on any atom is 0.225 e. The lowest BCUT2D eigenvalue weighted by Crippen LogP contribution is -2.48. The molecule has 2 aliphatic rings. The number of likely N-dealkylation sites (tertiary alicyclic amines) is 1. The molecule has 0 bridgehead atoms. The molecule has 1 atom stereocenters. The lowest BCUT2D eigenvalue weighted by Gasteiger charge is -2.34. The number of rotatable bonds is 1. The summed E-state index contributed by atoms with van der Waals surface area (Å²) in [4.78, 5) is 14.2. The zero-order chi connectivity index (χ0) is 10.7. The minimum Gasteiger partial charge on any atom is -0.341 e. The van der Waals surface area contributed by atoms with E-state index in [0.29, 0.717) is 11.8 Å². The van der Waals surface area contributed by atoms with Gasteiger partial charge >= 0.3 is 0 Å². The fourth-order valence-electron chi connectivity index (χ4n) is 2.82. The quantitative estimate of drug-likeness (QED) is 0.713. The van der Waals surface area contributed by atoms with Gasteiger partial charge in [0.2, 0.25) is 5.91 Å². The number of carbonyl (C=O) groups is 1. The van der Waals surface area contributed by atoms with Gasteiger partial charge < -0.3 is 10.6 Å². The molecular weight excluding hydrogens is 188 g/mol. The highest BCUT2D eigenvalue weighted by Gasteiger charge is 2.28. The summed E-state index contributed by atoms with van der Waals surface area (Å²) >= 11 is 0. The highest BCUT2D eigenvalue weighted by Crippen LogP contribution is 2.26. The van der Waals surface area contributed by atoms with Crippen molar-refractivity contribution >= 4 is 5.91 Å². The fourth-order valence-corrected chi connectivity index (χ4v) is 2.82. The molecule has 2 N–H and O–H groups in total. The third-order valence-corrected chi connectivity index (χ3v) is 3.72. The number of hydrogen-bond acceptors (Lipinski definition) is 2. The van der Waals surface area contributed by atoms with E-state index in [9.17, 15) is 4.79 Å². The predicted molar refractivity (Wildman–Crippen MR) is 60.4 cm³/mol. The summed E-state index contributed by atoms with van der Waals surface area (Å²) in [5.41, 5.74) is 5.90. The van der Waals surface area contributed by atoms with Crippen molar-refractivity contribution in [1.82, 2.24) is 4.90 Å². The smallest absolute Gasteiger partial charge is 0.225 e. The minimum absolute atomic E-state index is 0.214. The van der Waals surface area contributed by atoms with Crippen LogP contribution in [-0.2, 0) is 4.79 Å².